The zero-order valence-electron chi connectivity index (χ0n) is 8.56. The Kier molecular flexibility index (Phi) is 3.85. The minimum Gasteiger partial charge on any atom is -0.496 e. The molecular weight excluding hydrogens is 185 g/mol. The van der Waals surface area contributed by atoms with Gasteiger partial charge >= 0.3 is 0 Å². The van der Waals surface area contributed by atoms with E-state index in [9.17, 15) is 4.39 Å². The van der Waals surface area contributed by atoms with Gasteiger partial charge in [0.25, 0.3) is 0 Å². The van der Waals surface area contributed by atoms with Crippen LogP contribution in [0.25, 0.3) is 0 Å². The largest absolute Gasteiger partial charge is 0.496 e. The molecule has 0 saturated heterocycles. The van der Waals surface area contributed by atoms with Crippen LogP contribution in [0.15, 0.2) is 12.1 Å². The Morgan fingerprint density at radius 3 is 2.64 bits per heavy atom. The summed E-state index contributed by atoms with van der Waals surface area (Å²) in [5.41, 5.74) is 3.95. The first-order chi connectivity index (χ1) is 6.69. The van der Waals surface area contributed by atoms with Gasteiger partial charge in [0, 0.05) is 12.1 Å². The summed E-state index contributed by atoms with van der Waals surface area (Å²) in [4.78, 5) is 4.69. The van der Waals surface area contributed by atoms with Gasteiger partial charge in [0.2, 0.25) is 0 Å². The van der Waals surface area contributed by atoms with Crippen LogP contribution in [0.2, 0.25) is 0 Å². The summed E-state index contributed by atoms with van der Waals surface area (Å²) in [5, 5.41) is 0. The molecule has 0 bridgehead atoms. The average Bonchev–Trinajstić information content (AvgIpc) is 2.19. The lowest BCUT2D eigenvalue weighted by Crippen LogP contribution is -2.12. The van der Waals surface area contributed by atoms with Crippen molar-refractivity contribution in [3.63, 3.8) is 0 Å². The lowest BCUT2D eigenvalue weighted by Gasteiger charge is -2.10. The van der Waals surface area contributed by atoms with Crippen LogP contribution >= 0.6 is 0 Å². The van der Waals surface area contributed by atoms with Crippen LogP contribution in [-0.4, -0.2) is 14.2 Å². The van der Waals surface area contributed by atoms with E-state index in [0.717, 1.165) is 5.56 Å². The summed E-state index contributed by atoms with van der Waals surface area (Å²) in [7, 11) is 3.07. The second-order valence-electron chi connectivity index (χ2n) is 2.94. The molecule has 0 aliphatic carbocycles. The number of benzene rings is 1. The molecule has 0 heterocycles. The van der Waals surface area contributed by atoms with Crippen molar-refractivity contribution in [1.29, 1.82) is 0 Å². The lowest BCUT2D eigenvalue weighted by atomic mass is 10.1. The number of hydroxylamine groups is 1. The highest BCUT2D eigenvalue weighted by Crippen LogP contribution is 2.22. The van der Waals surface area contributed by atoms with Crippen molar-refractivity contribution in [2.45, 2.75) is 13.5 Å². The molecule has 0 radical (unpaired) electrons. The number of aryl methyl sites for hydroxylation is 1. The maximum atomic E-state index is 13.2. The van der Waals surface area contributed by atoms with Crippen molar-refractivity contribution >= 4 is 0 Å². The summed E-state index contributed by atoms with van der Waals surface area (Å²) >= 11 is 0. The molecule has 0 atom stereocenters. The minimum atomic E-state index is -0.237. The molecule has 0 aromatic heterocycles. The zero-order chi connectivity index (χ0) is 10.6. The van der Waals surface area contributed by atoms with E-state index in [-0.39, 0.29) is 5.82 Å². The molecular formula is C10H14FNO2. The molecule has 0 amide bonds. The number of hydrogen-bond donors (Lipinski definition) is 1. The Balaban J connectivity index is 2.95. The van der Waals surface area contributed by atoms with Crippen LogP contribution in [0, 0.1) is 12.7 Å². The first-order valence-corrected chi connectivity index (χ1v) is 4.28. The second-order valence-corrected chi connectivity index (χ2v) is 2.94. The van der Waals surface area contributed by atoms with Gasteiger partial charge in [-0.05, 0) is 24.6 Å². The summed E-state index contributed by atoms with van der Waals surface area (Å²) in [6, 6.07) is 3.11. The third-order valence-corrected chi connectivity index (χ3v) is 1.97. The smallest absolute Gasteiger partial charge is 0.126 e. The molecule has 78 valence electrons. The van der Waals surface area contributed by atoms with E-state index in [1.807, 2.05) is 0 Å². The van der Waals surface area contributed by atoms with Gasteiger partial charge in [-0.2, -0.15) is 5.48 Å². The highest BCUT2D eigenvalue weighted by atomic mass is 19.1. The van der Waals surface area contributed by atoms with Crippen molar-refractivity contribution < 1.29 is 14.0 Å². The fraction of sp³-hybridized carbons (Fsp3) is 0.400. The number of methoxy groups -OCH3 is 1. The van der Waals surface area contributed by atoms with E-state index in [4.69, 9.17) is 4.74 Å². The van der Waals surface area contributed by atoms with Gasteiger partial charge in [0.1, 0.15) is 11.6 Å². The monoisotopic (exact) mass is 199 g/mol. The molecule has 0 spiro atoms. The van der Waals surface area contributed by atoms with Crippen molar-refractivity contribution in [3.05, 3.63) is 29.1 Å². The molecule has 0 aliphatic rings. The Bertz CT molecular complexity index is 315. The predicted molar refractivity (Wildman–Crippen MR) is 51.5 cm³/mol. The number of halogens is 1. The third-order valence-electron chi connectivity index (χ3n) is 1.97. The number of hydrogen-bond acceptors (Lipinski definition) is 3. The van der Waals surface area contributed by atoms with E-state index in [2.05, 4.69) is 10.3 Å². The van der Waals surface area contributed by atoms with Crippen molar-refractivity contribution in [1.82, 2.24) is 5.48 Å². The molecule has 0 unspecified atom stereocenters. The predicted octanol–water partition coefficient (Wildman–Crippen LogP) is 1.79. The fourth-order valence-electron chi connectivity index (χ4n) is 1.17. The molecule has 3 nitrogen and oxygen atoms in total. The SMILES string of the molecule is CONCc1cc(F)c(C)cc1OC. The topological polar surface area (TPSA) is 30.5 Å². The molecule has 0 saturated carbocycles. The van der Waals surface area contributed by atoms with Crippen LogP contribution in [0.1, 0.15) is 11.1 Å². The minimum absolute atomic E-state index is 0.237. The van der Waals surface area contributed by atoms with Gasteiger partial charge in [-0.15, -0.1) is 0 Å². The van der Waals surface area contributed by atoms with Gasteiger partial charge in [-0.1, -0.05) is 0 Å². The quantitative estimate of drug-likeness (QED) is 0.750. The summed E-state index contributed by atoms with van der Waals surface area (Å²) in [6.07, 6.45) is 0. The zero-order valence-corrected chi connectivity index (χ0v) is 8.56. The summed E-state index contributed by atoms with van der Waals surface area (Å²) in [6.45, 7) is 2.11. The second kappa shape index (κ2) is 4.93. The molecule has 1 rings (SSSR count). The highest BCUT2D eigenvalue weighted by molar-refractivity contribution is 5.37. The molecule has 0 fully saturated rings. The summed E-state index contributed by atoms with van der Waals surface area (Å²) in [5.74, 6) is 0.423. The van der Waals surface area contributed by atoms with Crippen LogP contribution in [0.4, 0.5) is 4.39 Å². The number of ether oxygens (including phenoxy) is 1. The number of nitrogens with one attached hydrogen (secondary N) is 1. The van der Waals surface area contributed by atoms with Gasteiger partial charge < -0.3 is 9.57 Å². The fourth-order valence-corrected chi connectivity index (χ4v) is 1.17. The van der Waals surface area contributed by atoms with Crippen molar-refractivity contribution in [2.24, 2.45) is 0 Å². The van der Waals surface area contributed by atoms with Crippen molar-refractivity contribution in [2.75, 3.05) is 14.2 Å². The Labute approximate surface area is 82.8 Å². The summed E-state index contributed by atoms with van der Waals surface area (Å²) < 4.78 is 18.3. The van der Waals surface area contributed by atoms with Gasteiger partial charge in [0.15, 0.2) is 0 Å². The normalized spacial score (nSPS) is 10.3. The van der Waals surface area contributed by atoms with E-state index in [1.54, 1.807) is 20.1 Å². The standard InChI is InChI=1S/C10H14FNO2/c1-7-4-10(13-2)8(5-9(7)11)6-12-14-3/h4-5,12H,6H2,1-3H3. The van der Waals surface area contributed by atoms with E-state index in [0.29, 0.717) is 17.9 Å². The van der Waals surface area contributed by atoms with E-state index >= 15 is 0 Å². The average molecular weight is 199 g/mol. The van der Waals surface area contributed by atoms with Crippen LogP contribution in [-0.2, 0) is 11.4 Å². The maximum absolute atomic E-state index is 13.2. The lowest BCUT2D eigenvalue weighted by molar-refractivity contribution is 0.0860. The van der Waals surface area contributed by atoms with Crippen molar-refractivity contribution in [3.8, 4) is 5.75 Å². The van der Waals surface area contributed by atoms with Crippen LogP contribution < -0.4 is 10.2 Å². The Morgan fingerprint density at radius 2 is 2.07 bits per heavy atom. The molecule has 0 aliphatic heterocycles. The number of rotatable bonds is 4. The first-order valence-electron chi connectivity index (χ1n) is 4.28. The van der Waals surface area contributed by atoms with Gasteiger partial charge in [0.05, 0.1) is 14.2 Å². The van der Waals surface area contributed by atoms with E-state index < -0.39 is 0 Å². The molecule has 1 aromatic carbocycles. The van der Waals surface area contributed by atoms with Crippen LogP contribution in [0.3, 0.4) is 0 Å². The molecule has 1 aromatic rings. The third kappa shape index (κ3) is 2.43. The van der Waals surface area contributed by atoms with Gasteiger partial charge in [-0.25, -0.2) is 4.39 Å². The Hall–Kier alpha value is -1.13. The first kappa shape index (κ1) is 10.9. The molecule has 1 N–H and O–H groups in total. The maximum Gasteiger partial charge on any atom is 0.126 e. The van der Waals surface area contributed by atoms with Gasteiger partial charge in [-0.3, -0.25) is 0 Å². The highest BCUT2D eigenvalue weighted by Gasteiger charge is 2.07. The molecule has 14 heavy (non-hydrogen) atoms. The Morgan fingerprint density at radius 1 is 1.36 bits per heavy atom. The van der Waals surface area contributed by atoms with Crippen LogP contribution in [0.5, 0.6) is 5.75 Å². The molecule has 4 heteroatoms. The van der Waals surface area contributed by atoms with E-state index in [1.165, 1.54) is 13.2 Å².